The Morgan fingerprint density at radius 2 is 2.04 bits per heavy atom. The number of aliphatic hydroxyl groups excluding tert-OH is 1. The zero-order valence-electron chi connectivity index (χ0n) is 13.6. The third kappa shape index (κ3) is 4.46. The average Bonchev–Trinajstić information content (AvgIpc) is 3.25. The third-order valence-electron chi connectivity index (χ3n) is 5.17. The summed E-state index contributed by atoms with van der Waals surface area (Å²) in [6, 6.07) is 4.56. The minimum Gasteiger partial charge on any atom is -0.387 e. The van der Waals surface area contributed by atoms with E-state index in [-0.39, 0.29) is 41.8 Å². The van der Waals surface area contributed by atoms with Crippen LogP contribution in [-0.4, -0.2) is 30.6 Å². The summed E-state index contributed by atoms with van der Waals surface area (Å²) in [5, 5.41) is 16.0. The summed E-state index contributed by atoms with van der Waals surface area (Å²) in [6.45, 7) is 1.75. The van der Waals surface area contributed by atoms with Crippen molar-refractivity contribution in [1.82, 2.24) is 10.6 Å². The number of carbonyl (C=O) groups excluding carboxylic acids is 1. The molecule has 3 rings (SSSR count). The van der Waals surface area contributed by atoms with Gasteiger partial charge in [-0.25, -0.2) is 0 Å². The van der Waals surface area contributed by atoms with Crippen LogP contribution in [0.1, 0.15) is 36.5 Å². The first kappa shape index (κ1) is 20.0. The van der Waals surface area contributed by atoms with Crippen molar-refractivity contribution in [1.29, 1.82) is 0 Å². The van der Waals surface area contributed by atoms with Gasteiger partial charge in [-0.3, -0.25) is 4.79 Å². The van der Waals surface area contributed by atoms with Gasteiger partial charge in [-0.05, 0) is 55.5 Å². The number of hydrogen-bond acceptors (Lipinski definition) is 3. The fraction of sp³-hybridized carbons (Fsp3) is 0.588. The summed E-state index contributed by atoms with van der Waals surface area (Å²) in [5.41, 5.74) is -0.560. The highest BCUT2D eigenvalue weighted by Gasteiger charge is 2.57. The van der Waals surface area contributed by atoms with E-state index in [9.17, 15) is 23.1 Å². The first-order valence-electron chi connectivity index (χ1n) is 8.15. The summed E-state index contributed by atoms with van der Waals surface area (Å²) in [5.74, 6) is -0.142. The average molecular weight is 379 g/mol. The van der Waals surface area contributed by atoms with Crippen molar-refractivity contribution < 1.29 is 23.1 Å². The largest absolute Gasteiger partial charge is 0.416 e. The van der Waals surface area contributed by atoms with Crippen molar-refractivity contribution in [2.75, 3.05) is 19.6 Å². The number of nitrogens with one attached hydrogen (secondary N) is 2. The Labute approximate surface area is 150 Å². The highest BCUT2D eigenvalue weighted by Crippen LogP contribution is 2.58. The van der Waals surface area contributed by atoms with Gasteiger partial charge in [-0.2, -0.15) is 13.2 Å². The van der Waals surface area contributed by atoms with Crippen LogP contribution in [0.3, 0.4) is 0 Å². The van der Waals surface area contributed by atoms with Gasteiger partial charge in [0, 0.05) is 12.5 Å². The van der Waals surface area contributed by atoms with E-state index in [0.29, 0.717) is 0 Å². The fourth-order valence-corrected chi connectivity index (χ4v) is 3.56. The van der Waals surface area contributed by atoms with Crippen LogP contribution in [0.15, 0.2) is 24.3 Å². The quantitative estimate of drug-likeness (QED) is 0.755. The molecule has 2 atom stereocenters. The van der Waals surface area contributed by atoms with Crippen molar-refractivity contribution in [3.63, 3.8) is 0 Å². The summed E-state index contributed by atoms with van der Waals surface area (Å²) >= 11 is 0. The normalized spacial score (nSPS) is 22.8. The second-order valence-corrected chi connectivity index (χ2v) is 6.75. The number of aliphatic hydroxyl groups is 1. The summed E-state index contributed by atoms with van der Waals surface area (Å²) in [6.07, 6.45) is -2.80. The first-order chi connectivity index (χ1) is 11.3. The zero-order valence-corrected chi connectivity index (χ0v) is 14.4. The Hall–Kier alpha value is -1.31. The summed E-state index contributed by atoms with van der Waals surface area (Å²) < 4.78 is 38.1. The van der Waals surface area contributed by atoms with Crippen LogP contribution in [0.4, 0.5) is 13.2 Å². The Bertz CT molecular complexity index is 618. The summed E-state index contributed by atoms with van der Waals surface area (Å²) in [7, 11) is 0. The van der Waals surface area contributed by atoms with Gasteiger partial charge < -0.3 is 15.7 Å². The molecule has 1 aliphatic carbocycles. The molecule has 1 aromatic rings. The lowest BCUT2D eigenvalue weighted by atomic mass is 9.92. The van der Waals surface area contributed by atoms with E-state index in [1.54, 1.807) is 0 Å². The maximum Gasteiger partial charge on any atom is 0.416 e. The third-order valence-corrected chi connectivity index (χ3v) is 5.17. The van der Waals surface area contributed by atoms with Crippen molar-refractivity contribution in [2.24, 2.45) is 11.3 Å². The van der Waals surface area contributed by atoms with E-state index < -0.39 is 17.8 Å². The molecule has 1 amide bonds. The summed E-state index contributed by atoms with van der Waals surface area (Å²) in [4.78, 5) is 12.2. The SMILES string of the molecule is Cl.O=C(NCC(O)c1cccc(C(F)(F)F)c1)C1CC12CCNCC2. The molecule has 8 heteroatoms. The zero-order chi connectivity index (χ0) is 17.4. The molecule has 1 saturated heterocycles. The lowest BCUT2D eigenvalue weighted by Gasteiger charge is -2.23. The topological polar surface area (TPSA) is 61.4 Å². The van der Waals surface area contributed by atoms with E-state index >= 15 is 0 Å². The molecule has 0 aromatic heterocycles. The number of benzene rings is 1. The molecule has 1 aromatic carbocycles. The van der Waals surface area contributed by atoms with Gasteiger partial charge in [-0.1, -0.05) is 12.1 Å². The lowest BCUT2D eigenvalue weighted by molar-refractivity contribution is -0.137. The molecule has 0 bridgehead atoms. The van der Waals surface area contributed by atoms with Crippen molar-refractivity contribution in [2.45, 2.75) is 31.5 Å². The molecule has 3 N–H and O–H groups in total. The van der Waals surface area contributed by atoms with Crippen LogP contribution in [0, 0.1) is 11.3 Å². The number of rotatable bonds is 4. The second kappa shape index (κ2) is 7.51. The predicted octanol–water partition coefficient (Wildman–Crippen LogP) is 2.67. The molecule has 25 heavy (non-hydrogen) atoms. The van der Waals surface area contributed by atoms with E-state index in [1.807, 2.05) is 0 Å². The Morgan fingerprint density at radius 3 is 2.68 bits per heavy atom. The van der Waals surface area contributed by atoms with Gasteiger partial charge in [0.05, 0.1) is 11.7 Å². The first-order valence-corrected chi connectivity index (χ1v) is 8.15. The van der Waals surface area contributed by atoms with Gasteiger partial charge in [-0.15, -0.1) is 12.4 Å². The van der Waals surface area contributed by atoms with Gasteiger partial charge >= 0.3 is 6.18 Å². The number of carbonyl (C=O) groups is 1. The Kier molecular flexibility index (Phi) is 6.01. The van der Waals surface area contributed by atoms with Crippen molar-refractivity contribution >= 4 is 18.3 Å². The molecular weight excluding hydrogens is 357 g/mol. The second-order valence-electron chi connectivity index (χ2n) is 6.75. The molecule has 140 valence electrons. The number of halogens is 4. The molecule has 1 saturated carbocycles. The minimum atomic E-state index is -4.45. The molecule has 0 radical (unpaired) electrons. The highest BCUT2D eigenvalue weighted by molar-refractivity contribution is 5.85. The molecule has 1 aliphatic heterocycles. The number of hydrogen-bond donors (Lipinski definition) is 3. The number of alkyl halides is 3. The van der Waals surface area contributed by atoms with Crippen molar-refractivity contribution in [3.05, 3.63) is 35.4 Å². The molecule has 2 unspecified atom stereocenters. The van der Waals surface area contributed by atoms with Crippen LogP contribution in [0.25, 0.3) is 0 Å². The van der Waals surface area contributed by atoms with Crippen LogP contribution in [-0.2, 0) is 11.0 Å². The Balaban J connectivity index is 0.00000225. The monoisotopic (exact) mass is 378 g/mol. The molecule has 2 fully saturated rings. The van der Waals surface area contributed by atoms with Crippen molar-refractivity contribution in [3.8, 4) is 0 Å². The highest BCUT2D eigenvalue weighted by atomic mass is 35.5. The van der Waals surface area contributed by atoms with Crippen LogP contribution in [0.5, 0.6) is 0 Å². The molecular formula is C17H22ClF3N2O2. The molecule has 1 heterocycles. The van der Waals surface area contributed by atoms with E-state index in [2.05, 4.69) is 10.6 Å². The standard InChI is InChI=1S/C17H21F3N2O2.ClH/c18-17(19,20)12-3-1-2-11(8-12)14(23)10-22-15(24)13-9-16(13)4-6-21-7-5-16;/h1-3,8,13-14,21,23H,4-7,9-10H2,(H,22,24);1H. The molecule has 1 spiro atoms. The Morgan fingerprint density at radius 1 is 1.36 bits per heavy atom. The molecule has 4 nitrogen and oxygen atoms in total. The number of piperidine rings is 1. The van der Waals surface area contributed by atoms with Gasteiger partial charge in [0.25, 0.3) is 0 Å². The minimum absolute atomic E-state index is 0. The maximum atomic E-state index is 12.7. The smallest absolute Gasteiger partial charge is 0.387 e. The lowest BCUT2D eigenvalue weighted by Crippen LogP contribution is -2.35. The predicted molar refractivity (Wildman–Crippen MR) is 89.3 cm³/mol. The fourth-order valence-electron chi connectivity index (χ4n) is 3.56. The van der Waals surface area contributed by atoms with Gasteiger partial charge in [0.2, 0.25) is 5.91 Å². The van der Waals surface area contributed by atoms with Gasteiger partial charge in [0.15, 0.2) is 0 Å². The van der Waals surface area contributed by atoms with Crippen LogP contribution in [0.2, 0.25) is 0 Å². The number of amides is 1. The van der Waals surface area contributed by atoms with E-state index in [4.69, 9.17) is 0 Å². The molecule has 2 aliphatic rings. The van der Waals surface area contributed by atoms with Crippen LogP contribution < -0.4 is 10.6 Å². The maximum absolute atomic E-state index is 12.7. The van der Waals surface area contributed by atoms with Gasteiger partial charge in [0.1, 0.15) is 0 Å². The van der Waals surface area contributed by atoms with E-state index in [1.165, 1.54) is 12.1 Å². The van der Waals surface area contributed by atoms with E-state index in [0.717, 1.165) is 44.5 Å². The van der Waals surface area contributed by atoms with Crippen LogP contribution >= 0.6 is 12.4 Å².